The van der Waals surface area contributed by atoms with Crippen molar-refractivity contribution < 1.29 is 0 Å². The fourth-order valence-electron chi connectivity index (χ4n) is 2.97. The topological polar surface area (TPSA) is 38.9 Å². The average molecular weight is 258 g/mol. The van der Waals surface area contributed by atoms with Gasteiger partial charge in [0.1, 0.15) is 0 Å². The predicted octanol–water partition coefficient (Wildman–Crippen LogP) is 3.81. The minimum Gasteiger partial charge on any atom is -0.375 e. The van der Waals surface area contributed by atoms with Crippen molar-refractivity contribution in [2.75, 3.05) is 5.73 Å². The minimum atomic E-state index is 0.502. The normalized spacial score (nSPS) is 18.7. The fraction of sp³-hybridized carbons (Fsp3) is 0.400. The third kappa shape index (κ3) is 2.03. The molecule has 0 saturated heterocycles. The van der Waals surface area contributed by atoms with Gasteiger partial charge in [0.25, 0.3) is 0 Å². The first kappa shape index (κ1) is 11.7. The van der Waals surface area contributed by atoms with Crippen LogP contribution in [0.1, 0.15) is 46.0 Å². The summed E-state index contributed by atoms with van der Waals surface area (Å²) in [5.41, 5.74) is 11.2. The zero-order valence-electron chi connectivity index (χ0n) is 10.9. The lowest BCUT2D eigenvalue weighted by Crippen LogP contribution is -2.09. The van der Waals surface area contributed by atoms with Crippen LogP contribution in [-0.2, 0) is 6.42 Å². The van der Waals surface area contributed by atoms with Crippen molar-refractivity contribution in [2.24, 2.45) is 0 Å². The number of nitrogens with zero attached hydrogens (tertiary/aromatic N) is 1. The van der Waals surface area contributed by atoms with E-state index in [1.807, 2.05) is 0 Å². The van der Waals surface area contributed by atoms with Crippen LogP contribution < -0.4 is 5.73 Å². The van der Waals surface area contributed by atoms with E-state index >= 15 is 0 Å². The molecule has 0 amide bonds. The molecule has 3 heteroatoms. The maximum atomic E-state index is 5.87. The molecular formula is C15H18N2S. The van der Waals surface area contributed by atoms with E-state index in [0.29, 0.717) is 5.92 Å². The van der Waals surface area contributed by atoms with E-state index in [9.17, 15) is 0 Å². The number of hydrogen-bond acceptors (Lipinski definition) is 3. The van der Waals surface area contributed by atoms with Crippen molar-refractivity contribution in [1.82, 2.24) is 4.98 Å². The van der Waals surface area contributed by atoms with Crippen molar-refractivity contribution in [3.63, 3.8) is 0 Å². The van der Waals surface area contributed by atoms with E-state index in [1.165, 1.54) is 40.1 Å². The highest BCUT2D eigenvalue weighted by Crippen LogP contribution is 2.41. The van der Waals surface area contributed by atoms with Crippen LogP contribution in [0, 0.1) is 13.8 Å². The molecule has 1 unspecified atom stereocenters. The molecule has 1 aromatic heterocycles. The highest BCUT2D eigenvalue weighted by atomic mass is 32.1. The summed E-state index contributed by atoms with van der Waals surface area (Å²) in [4.78, 5) is 5.86. The minimum absolute atomic E-state index is 0.502. The predicted molar refractivity (Wildman–Crippen MR) is 77.2 cm³/mol. The Bertz CT molecular complexity index is 566. The Morgan fingerprint density at radius 3 is 2.67 bits per heavy atom. The molecule has 1 aromatic carbocycles. The summed E-state index contributed by atoms with van der Waals surface area (Å²) in [6.45, 7) is 4.34. The summed E-state index contributed by atoms with van der Waals surface area (Å²) in [6, 6.07) is 6.85. The quantitative estimate of drug-likeness (QED) is 0.844. The van der Waals surface area contributed by atoms with Crippen LogP contribution in [0.2, 0.25) is 0 Å². The van der Waals surface area contributed by atoms with Crippen molar-refractivity contribution >= 4 is 16.5 Å². The molecule has 0 fully saturated rings. The van der Waals surface area contributed by atoms with E-state index in [2.05, 4.69) is 37.0 Å². The first-order chi connectivity index (χ1) is 8.63. The molecule has 0 bridgehead atoms. The molecule has 2 nitrogen and oxygen atoms in total. The number of thiazole rings is 1. The van der Waals surface area contributed by atoms with Gasteiger partial charge in [-0.2, -0.15) is 0 Å². The summed E-state index contributed by atoms with van der Waals surface area (Å²) in [6.07, 6.45) is 3.52. The molecule has 1 aliphatic carbocycles. The monoisotopic (exact) mass is 258 g/mol. The number of nitrogens with two attached hydrogens (primary N) is 1. The number of anilines is 1. The van der Waals surface area contributed by atoms with Crippen LogP contribution in [0.15, 0.2) is 18.2 Å². The van der Waals surface area contributed by atoms with Gasteiger partial charge in [0.15, 0.2) is 5.13 Å². The molecule has 1 atom stereocenters. The molecule has 0 saturated carbocycles. The Kier molecular flexibility index (Phi) is 2.86. The van der Waals surface area contributed by atoms with E-state index in [4.69, 9.17) is 5.73 Å². The zero-order chi connectivity index (χ0) is 12.7. The largest absolute Gasteiger partial charge is 0.375 e. The van der Waals surface area contributed by atoms with Gasteiger partial charge in [-0.05, 0) is 38.7 Å². The summed E-state index contributed by atoms with van der Waals surface area (Å²) < 4.78 is 0. The van der Waals surface area contributed by atoms with Crippen LogP contribution in [0.5, 0.6) is 0 Å². The van der Waals surface area contributed by atoms with Gasteiger partial charge < -0.3 is 5.73 Å². The van der Waals surface area contributed by atoms with Gasteiger partial charge in [0, 0.05) is 10.8 Å². The Hall–Kier alpha value is -1.35. The number of hydrogen-bond donors (Lipinski definition) is 1. The van der Waals surface area contributed by atoms with Crippen molar-refractivity contribution in [2.45, 2.75) is 39.0 Å². The van der Waals surface area contributed by atoms with E-state index in [0.717, 1.165) is 11.6 Å². The molecule has 0 spiro atoms. The van der Waals surface area contributed by atoms with Gasteiger partial charge >= 0.3 is 0 Å². The van der Waals surface area contributed by atoms with Gasteiger partial charge in [-0.15, -0.1) is 11.3 Å². The molecular weight excluding hydrogens is 240 g/mol. The number of nitrogen functional groups attached to an aromatic ring is 1. The fourth-order valence-corrected chi connectivity index (χ4v) is 4.01. The number of aryl methyl sites for hydroxylation is 3. The van der Waals surface area contributed by atoms with Crippen molar-refractivity contribution in [3.8, 4) is 0 Å². The van der Waals surface area contributed by atoms with E-state index < -0.39 is 0 Å². The second-order valence-corrected chi connectivity index (χ2v) is 6.29. The third-order valence-electron chi connectivity index (χ3n) is 3.61. The Morgan fingerprint density at radius 1 is 1.22 bits per heavy atom. The Labute approximate surface area is 112 Å². The lowest BCUT2D eigenvalue weighted by atomic mass is 9.85. The number of fused-ring (bicyclic) bond motifs is 1. The summed E-state index contributed by atoms with van der Waals surface area (Å²) >= 11 is 1.67. The average Bonchev–Trinajstić information content (AvgIpc) is 2.67. The third-order valence-corrected chi connectivity index (χ3v) is 4.65. The van der Waals surface area contributed by atoms with Crippen LogP contribution in [0.4, 0.5) is 5.13 Å². The van der Waals surface area contributed by atoms with E-state index in [1.54, 1.807) is 11.3 Å². The second kappa shape index (κ2) is 4.39. The van der Waals surface area contributed by atoms with Crippen molar-refractivity contribution in [1.29, 1.82) is 0 Å². The van der Waals surface area contributed by atoms with Crippen LogP contribution in [0.25, 0.3) is 0 Å². The molecule has 94 valence electrons. The molecule has 1 aliphatic rings. The standard InChI is InChI=1S/C15H18N2S/c1-9-6-10(2)8-11(7-9)12-4-3-5-13-14(12)18-15(16)17-13/h6-8,12H,3-5H2,1-2H3,(H2,16,17). The smallest absolute Gasteiger partial charge is 0.180 e. The lowest BCUT2D eigenvalue weighted by molar-refractivity contribution is 0.617. The molecule has 3 rings (SSSR count). The number of benzene rings is 1. The SMILES string of the molecule is Cc1cc(C)cc(C2CCCc3nc(N)sc32)c1. The Balaban J connectivity index is 2.07. The van der Waals surface area contributed by atoms with Gasteiger partial charge in [-0.1, -0.05) is 29.3 Å². The Morgan fingerprint density at radius 2 is 1.94 bits per heavy atom. The number of aromatic nitrogens is 1. The van der Waals surface area contributed by atoms with Crippen LogP contribution in [0.3, 0.4) is 0 Å². The maximum Gasteiger partial charge on any atom is 0.180 e. The first-order valence-electron chi connectivity index (χ1n) is 6.47. The highest BCUT2D eigenvalue weighted by molar-refractivity contribution is 7.15. The summed E-state index contributed by atoms with van der Waals surface area (Å²) in [5, 5.41) is 0.719. The number of rotatable bonds is 1. The second-order valence-electron chi connectivity index (χ2n) is 5.23. The summed E-state index contributed by atoms with van der Waals surface area (Å²) in [7, 11) is 0. The molecule has 0 aliphatic heterocycles. The van der Waals surface area contributed by atoms with Crippen LogP contribution in [-0.4, -0.2) is 4.98 Å². The molecule has 18 heavy (non-hydrogen) atoms. The first-order valence-corrected chi connectivity index (χ1v) is 7.28. The molecule has 2 aromatic rings. The van der Waals surface area contributed by atoms with Crippen LogP contribution >= 0.6 is 11.3 Å². The maximum absolute atomic E-state index is 5.87. The lowest BCUT2D eigenvalue weighted by Gasteiger charge is -2.22. The highest BCUT2D eigenvalue weighted by Gasteiger charge is 2.25. The van der Waals surface area contributed by atoms with Gasteiger partial charge in [-0.25, -0.2) is 4.98 Å². The van der Waals surface area contributed by atoms with Crippen molar-refractivity contribution in [3.05, 3.63) is 45.5 Å². The molecule has 1 heterocycles. The van der Waals surface area contributed by atoms with Gasteiger partial charge in [0.05, 0.1) is 5.69 Å². The zero-order valence-corrected chi connectivity index (χ0v) is 11.7. The molecule has 2 N–H and O–H groups in total. The van der Waals surface area contributed by atoms with Gasteiger partial charge in [-0.3, -0.25) is 0 Å². The van der Waals surface area contributed by atoms with Gasteiger partial charge in [0.2, 0.25) is 0 Å². The van der Waals surface area contributed by atoms with E-state index in [-0.39, 0.29) is 0 Å². The molecule has 0 radical (unpaired) electrons. The summed E-state index contributed by atoms with van der Waals surface area (Å²) in [5.74, 6) is 0.502.